The first-order chi connectivity index (χ1) is 8.02. The second-order valence-electron chi connectivity index (χ2n) is 4.66. The summed E-state index contributed by atoms with van der Waals surface area (Å²) in [5.41, 5.74) is 1.75. The van der Waals surface area contributed by atoms with Crippen molar-refractivity contribution in [3.05, 3.63) is 35.5 Å². The van der Waals surface area contributed by atoms with Crippen molar-refractivity contribution in [2.24, 2.45) is 0 Å². The first-order valence-electron chi connectivity index (χ1n) is 5.40. The van der Waals surface area contributed by atoms with Crippen LogP contribution in [0.15, 0.2) is 30.5 Å². The first kappa shape index (κ1) is 12.5. The van der Waals surface area contributed by atoms with Gasteiger partial charge in [0.2, 0.25) is 0 Å². The summed E-state index contributed by atoms with van der Waals surface area (Å²) in [6, 6.07) is 7.64. The third kappa shape index (κ3) is 2.82. The Morgan fingerprint density at radius 2 is 2.06 bits per heavy atom. The summed E-state index contributed by atoms with van der Waals surface area (Å²) in [5.74, 6) is 0.532. The lowest BCUT2D eigenvalue weighted by molar-refractivity contribution is 0.642. The molecule has 1 N–H and O–H groups in total. The molecule has 0 aliphatic heterocycles. The first-order valence-corrected chi connectivity index (χ1v) is 6.31. The summed E-state index contributed by atoms with van der Waals surface area (Å²) >= 11 is 11.9. The predicted octanol–water partition coefficient (Wildman–Crippen LogP) is 4.32. The molecule has 1 heterocycles. The third-order valence-corrected chi connectivity index (χ3v) is 3.42. The van der Waals surface area contributed by atoms with Crippen LogP contribution in [0.2, 0.25) is 5.02 Å². The standard InChI is InChI=1S/C13H14Cl2N2/c1-13(2,8-14)17-11-5-6-16-12-7-9(15)3-4-10(11)12/h3-7H,8H2,1-2H3,(H,16,17). The molecule has 4 heteroatoms. The Kier molecular flexibility index (Phi) is 3.45. The van der Waals surface area contributed by atoms with E-state index in [2.05, 4.69) is 24.1 Å². The number of alkyl halides is 1. The number of nitrogens with one attached hydrogen (secondary N) is 1. The Hall–Kier alpha value is -0.990. The number of aromatic nitrogens is 1. The SMILES string of the molecule is CC(C)(CCl)Nc1ccnc2cc(Cl)ccc12. The van der Waals surface area contributed by atoms with Crippen molar-refractivity contribution in [3.63, 3.8) is 0 Å². The van der Waals surface area contributed by atoms with E-state index in [4.69, 9.17) is 23.2 Å². The molecular formula is C13H14Cl2N2. The van der Waals surface area contributed by atoms with Crippen molar-refractivity contribution in [3.8, 4) is 0 Å². The molecule has 0 fully saturated rings. The van der Waals surface area contributed by atoms with E-state index in [1.807, 2.05) is 24.3 Å². The summed E-state index contributed by atoms with van der Waals surface area (Å²) in [6.07, 6.45) is 1.77. The number of pyridine rings is 1. The lowest BCUT2D eigenvalue weighted by atomic mass is 10.1. The summed E-state index contributed by atoms with van der Waals surface area (Å²) in [5, 5.41) is 5.16. The lowest BCUT2D eigenvalue weighted by Crippen LogP contribution is -2.32. The van der Waals surface area contributed by atoms with Gasteiger partial charge in [-0.15, -0.1) is 11.6 Å². The largest absolute Gasteiger partial charge is 0.378 e. The minimum absolute atomic E-state index is 0.157. The topological polar surface area (TPSA) is 24.9 Å². The van der Waals surface area contributed by atoms with Crippen LogP contribution in [-0.2, 0) is 0 Å². The van der Waals surface area contributed by atoms with Gasteiger partial charge in [-0.25, -0.2) is 0 Å². The Morgan fingerprint density at radius 3 is 2.76 bits per heavy atom. The summed E-state index contributed by atoms with van der Waals surface area (Å²) in [4.78, 5) is 4.30. The zero-order valence-electron chi connectivity index (χ0n) is 9.80. The molecule has 17 heavy (non-hydrogen) atoms. The van der Waals surface area contributed by atoms with Gasteiger partial charge in [0, 0.05) is 33.7 Å². The van der Waals surface area contributed by atoms with Crippen LogP contribution >= 0.6 is 23.2 Å². The Bertz CT molecular complexity index is 538. The highest BCUT2D eigenvalue weighted by atomic mass is 35.5. The number of hydrogen-bond acceptors (Lipinski definition) is 2. The molecule has 0 aliphatic carbocycles. The molecular weight excluding hydrogens is 255 g/mol. The van der Waals surface area contributed by atoms with Crippen LogP contribution in [-0.4, -0.2) is 16.4 Å². The number of benzene rings is 1. The van der Waals surface area contributed by atoms with Crippen LogP contribution in [0.1, 0.15) is 13.8 Å². The number of rotatable bonds is 3. The van der Waals surface area contributed by atoms with Crippen LogP contribution < -0.4 is 5.32 Å². The molecule has 0 saturated carbocycles. The molecule has 0 unspecified atom stereocenters. The van der Waals surface area contributed by atoms with Gasteiger partial charge in [-0.05, 0) is 38.1 Å². The molecule has 0 aliphatic rings. The van der Waals surface area contributed by atoms with Crippen molar-refractivity contribution in [1.82, 2.24) is 4.98 Å². The number of fused-ring (bicyclic) bond motifs is 1. The Labute approximate surface area is 111 Å². The van der Waals surface area contributed by atoms with E-state index in [-0.39, 0.29) is 5.54 Å². The molecule has 0 saturated heterocycles. The molecule has 0 radical (unpaired) electrons. The van der Waals surface area contributed by atoms with Crippen LogP contribution in [0, 0.1) is 0 Å². The van der Waals surface area contributed by atoms with Gasteiger partial charge in [0.25, 0.3) is 0 Å². The molecule has 0 spiro atoms. The van der Waals surface area contributed by atoms with Crippen molar-refractivity contribution < 1.29 is 0 Å². The second kappa shape index (κ2) is 4.71. The molecule has 2 aromatic rings. The second-order valence-corrected chi connectivity index (χ2v) is 5.37. The Balaban J connectivity index is 2.48. The maximum Gasteiger partial charge on any atom is 0.0737 e. The van der Waals surface area contributed by atoms with Gasteiger partial charge in [-0.3, -0.25) is 4.98 Å². The molecule has 0 atom stereocenters. The molecule has 1 aromatic carbocycles. The molecule has 0 bridgehead atoms. The molecule has 2 rings (SSSR count). The van der Waals surface area contributed by atoms with Crippen LogP contribution in [0.25, 0.3) is 10.9 Å². The van der Waals surface area contributed by atoms with Gasteiger partial charge in [-0.1, -0.05) is 11.6 Å². The van der Waals surface area contributed by atoms with E-state index in [1.165, 1.54) is 0 Å². The Morgan fingerprint density at radius 1 is 1.29 bits per heavy atom. The summed E-state index contributed by atoms with van der Waals surface area (Å²) < 4.78 is 0. The average molecular weight is 269 g/mol. The van der Waals surface area contributed by atoms with E-state index in [9.17, 15) is 0 Å². The fraction of sp³-hybridized carbons (Fsp3) is 0.308. The minimum atomic E-state index is -0.157. The molecule has 2 nitrogen and oxygen atoms in total. The maximum atomic E-state index is 5.95. The zero-order chi connectivity index (χ0) is 12.5. The van der Waals surface area contributed by atoms with Gasteiger partial charge < -0.3 is 5.32 Å². The summed E-state index contributed by atoms with van der Waals surface area (Å²) in [6.45, 7) is 4.12. The minimum Gasteiger partial charge on any atom is -0.378 e. The quantitative estimate of drug-likeness (QED) is 0.839. The highest BCUT2D eigenvalue weighted by Gasteiger charge is 2.16. The van der Waals surface area contributed by atoms with Gasteiger partial charge in [0.05, 0.1) is 5.52 Å². The van der Waals surface area contributed by atoms with Gasteiger partial charge >= 0.3 is 0 Å². The van der Waals surface area contributed by atoms with E-state index < -0.39 is 0 Å². The van der Waals surface area contributed by atoms with Crippen LogP contribution in [0.4, 0.5) is 5.69 Å². The average Bonchev–Trinajstić information content (AvgIpc) is 2.28. The number of hydrogen-bond donors (Lipinski definition) is 1. The highest BCUT2D eigenvalue weighted by Crippen LogP contribution is 2.26. The zero-order valence-corrected chi connectivity index (χ0v) is 11.3. The van der Waals surface area contributed by atoms with Gasteiger partial charge in [0.1, 0.15) is 0 Å². The molecule has 0 amide bonds. The lowest BCUT2D eigenvalue weighted by Gasteiger charge is -2.25. The fourth-order valence-electron chi connectivity index (χ4n) is 1.63. The van der Waals surface area contributed by atoms with E-state index >= 15 is 0 Å². The summed E-state index contributed by atoms with van der Waals surface area (Å²) in [7, 11) is 0. The smallest absolute Gasteiger partial charge is 0.0737 e. The van der Waals surface area contributed by atoms with Gasteiger partial charge in [0.15, 0.2) is 0 Å². The third-order valence-electron chi connectivity index (χ3n) is 2.51. The molecule has 90 valence electrons. The normalized spacial score (nSPS) is 11.8. The van der Waals surface area contributed by atoms with E-state index in [0.29, 0.717) is 10.9 Å². The van der Waals surface area contributed by atoms with Crippen molar-refractivity contribution in [1.29, 1.82) is 0 Å². The van der Waals surface area contributed by atoms with Crippen molar-refractivity contribution in [2.45, 2.75) is 19.4 Å². The van der Waals surface area contributed by atoms with Gasteiger partial charge in [-0.2, -0.15) is 0 Å². The number of nitrogens with zero attached hydrogens (tertiary/aromatic N) is 1. The number of anilines is 1. The predicted molar refractivity (Wildman–Crippen MR) is 75.2 cm³/mol. The maximum absolute atomic E-state index is 5.95. The highest BCUT2D eigenvalue weighted by molar-refractivity contribution is 6.31. The molecule has 1 aromatic heterocycles. The van der Waals surface area contributed by atoms with Crippen molar-refractivity contribution >= 4 is 39.8 Å². The fourth-order valence-corrected chi connectivity index (χ4v) is 1.86. The van der Waals surface area contributed by atoms with Crippen LogP contribution in [0.3, 0.4) is 0 Å². The van der Waals surface area contributed by atoms with E-state index in [1.54, 1.807) is 6.20 Å². The van der Waals surface area contributed by atoms with Crippen LogP contribution in [0.5, 0.6) is 0 Å². The monoisotopic (exact) mass is 268 g/mol. The number of halogens is 2. The van der Waals surface area contributed by atoms with E-state index in [0.717, 1.165) is 16.6 Å². The van der Waals surface area contributed by atoms with Crippen molar-refractivity contribution in [2.75, 3.05) is 11.2 Å².